The van der Waals surface area contributed by atoms with Crippen LogP contribution in [0.5, 0.6) is 11.5 Å². The van der Waals surface area contributed by atoms with Crippen molar-refractivity contribution in [3.63, 3.8) is 0 Å². The van der Waals surface area contributed by atoms with Crippen molar-refractivity contribution in [3.8, 4) is 90.4 Å². The third kappa shape index (κ3) is 5.67. The quantitative estimate of drug-likeness (QED) is 0.166. The molecule has 7 heteroatoms. The third-order valence-electron chi connectivity index (χ3n) is 12.0. The number of benzene rings is 6. The Hall–Kier alpha value is -8.42. The van der Waals surface area contributed by atoms with Crippen LogP contribution in [0, 0.1) is 0 Å². The molecule has 5 heterocycles. The molecular formula is C55H34N6O. The minimum absolute atomic E-state index is 0.598. The highest BCUT2D eigenvalue weighted by Gasteiger charge is 2.51. The van der Waals surface area contributed by atoms with Gasteiger partial charge in [-0.3, -0.25) is 9.97 Å². The summed E-state index contributed by atoms with van der Waals surface area (Å²) in [5.74, 6) is 3.51. The third-order valence-corrected chi connectivity index (χ3v) is 12.0. The van der Waals surface area contributed by atoms with Crippen molar-refractivity contribution in [1.29, 1.82) is 0 Å². The van der Waals surface area contributed by atoms with Gasteiger partial charge in [0.1, 0.15) is 11.5 Å². The minimum atomic E-state index is -0.661. The van der Waals surface area contributed by atoms with Crippen molar-refractivity contribution in [2.24, 2.45) is 0 Å². The van der Waals surface area contributed by atoms with Gasteiger partial charge in [-0.05, 0) is 82.4 Å². The Morgan fingerprint density at radius 3 is 1.42 bits per heavy atom. The molecule has 6 aromatic carbocycles. The highest BCUT2D eigenvalue weighted by molar-refractivity contribution is 5.94. The van der Waals surface area contributed by atoms with E-state index in [2.05, 4.69) is 101 Å². The second kappa shape index (κ2) is 14.4. The van der Waals surface area contributed by atoms with Crippen molar-refractivity contribution < 1.29 is 4.74 Å². The van der Waals surface area contributed by atoms with Crippen LogP contribution in [0.4, 0.5) is 0 Å². The van der Waals surface area contributed by atoms with Gasteiger partial charge in [0.25, 0.3) is 0 Å². The van der Waals surface area contributed by atoms with Gasteiger partial charge in [0.05, 0.1) is 16.8 Å². The van der Waals surface area contributed by atoms with Gasteiger partial charge in [-0.2, -0.15) is 0 Å². The summed E-state index contributed by atoms with van der Waals surface area (Å²) in [6.07, 6.45) is 7.29. The second-order valence-electron chi connectivity index (χ2n) is 15.5. The summed E-state index contributed by atoms with van der Waals surface area (Å²) in [6.45, 7) is 0. The molecule has 0 N–H and O–H groups in total. The number of hydrogen-bond donors (Lipinski definition) is 0. The fourth-order valence-corrected chi connectivity index (χ4v) is 9.24. The Labute approximate surface area is 358 Å². The van der Waals surface area contributed by atoms with E-state index in [-0.39, 0.29) is 0 Å². The highest BCUT2D eigenvalue weighted by Crippen LogP contribution is 2.62. The minimum Gasteiger partial charge on any atom is -0.457 e. The van der Waals surface area contributed by atoms with Crippen LogP contribution in [0.25, 0.3) is 78.9 Å². The summed E-state index contributed by atoms with van der Waals surface area (Å²) >= 11 is 0. The Bertz CT molecular complexity index is 3220. The van der Waals surface area contributed by atoms with Crippen LogP contribution in [-0.2, 0) is 5.41 Å². The molecule has 0 radical (unpaired) electrons. The molecule has 0 saturated heterocycles. The van der Waals surface area contributed by atoms with Crippen LogP contribution >= 0.6 is 0 Å². The average Bonchev–Trinajstić information content (AvgIpc) is 3.64. The number of hydrogen-bond acceptors (Lipinski definition) is 7. The fourth-order valence-electron chi connectivity index (χ4n) is 9.24. The van der Waals surface area contributed by atoms with Gasteiger partial charge < -0.3 is 4.74 Å². The predicted octanol–water partition coefficient (Wildman–Crippen LogP) is 12.5. The summed E-state index contributed by atoms with van der Waals surface area (Å²) in [5.41, 5.74) is 14.4. The molecule has 0 fully saturated rings. The first-order valence-electron chi connectivity index (χ1n) is 20.6. The van der Waals surface area contributed by atoms with Gasteiger partial charge in [-0.15, -0.1) is 0 Å². The Morgan fingerprint density at radius 2 is 0.839 bits per heavy atom. The van der Waals surface area contributed by atoms with Crippen molar-refractivity contribution >= 4 is 0 Å². The number of rotatable bonds is 6. The lowest BCUT2D eigenvalue weighted by atomic mass is 9.66. The molecule has 1 aliphatic carbocycles. The van der Waals surface area contributed by atoms with Crippen LogP contribution in [0.3, 0.4) is 0 Å². The first-order valence-corrected chi connectivity index (χ1v) is 20.6. The number of nitrogens with zero attached hydrogens (tertiary/aromatic N) is 6. The number of aromatic nitrogens is 6. The fraction of sp³-hybridized carbons (Fsp3) is 0.0182. The molecule has 7 nitrogen and oxygen atoms in total. The smallest absolute Gasteiger partial charge is 0.164 e. The van der Waals surface area contributed by atoms with Gasteiger partial charge in [0.2, 0.25) is 0 Å². The molecule has 4 aromatic heterocycles. The maximum Gasteiger partial charge on any atom is 0.164 e. The van der Waals surface area contributed by atoms with Crippen LogP contribution in [0.15, 0.2) is 207 Å². The first-order chi connectivity index (χ1) is 30.7. The lowest BCUT2D eigenvalue weighted by Gasteiger charge is -2.39. The summed E-state index contributed by atoms with van der Waals surface area (Å²) in [6, 6.07) is 62.8. The van der Waals surface area contributed by atoms with E-state index in [4.69, 9.17) is 24.7 Å². The number of para-hydroxylation sites is 2. The van der Waals surface area contributed by atoms with E-state index in [0.29, 0.717) is 17.5 Å². The van der Waals surface area contributed by atoms with E-state index in [9.17, 15) is 0 Å². The number of fused-ring (bicyclic) bond motifs is 9. The highest BCUT2D eigenvalue weighted by atomic mass is 16.5. The summed E-state index contributed by atoms with van der Waals surface area (Å²) in [4.78, 5) is 29.4. The van der Waals surface area contributed by atoms with Gasteiger partial charge in [-0.25, -0.2) is 19.9 Å². The molecule has 0 unspecified atom stereocenters. The molecule has 1 spiro atoms. The van der Waals surface area contributed by atoms with Crippen molar-refractivity contribution in [3.05, 3.63) is 229 Å². The molecule has 0 atom stereocenters. The molecule has 10 aromatic rings. The monoisotopic (exact) mass is 794 g/mol. The Kier molecular flexibility index (Phi) is 8.25. The van der Waals surface area contributed by atoms with E-state index < -0.39 is 5.41 Å². The Morgan fingerprint density at radius 1 is 0.339 bits per heavy atom. The SMILES string of the molecule is c1ccc(-c2nc(-c3ccccc3)nc(-c3ccc4c(c3)-c3cc(-c5ccc(-c6cccnc6)nc5-c5cccnc5)ccc3C43c4ccccc4Oc4ccccc43)n2)cc1. The maximum absolute atomic E-state index is 6.66. The molecule has 290 valence electrons. The van der Waals surface area contributed by atoms with Crippen LogP contribution < -0.4 is 4.74 Å². The number of ether oxygens (including phenoxy) is 1. The Balaban J connectivity index is 1.11. The lowest BCUT2D eigenvalue weighted by molar-refractivity contribution is 0.436. The largest absolute Gasteiger partial charge is 0.457 e. The zero-order valence-electron chi connectivity index (χ0n) is 33.2. The van der Waals surface area contributed by atoms with E-state index in [1.165, 1.54) is 5.56 Å². The molecule has 62 heavy (non-hydrogen) atoms. The molecule has 0 saturated carbocycles. The van der Waals surface area contributed by atoms with Gasteiger partial charge >= 0.3 is 0 Å². The van der Waals surface area contributed by atoms with Crippen molar-refractivity contribution in [1.82, 2.24) is 29.9 Å². The maximum atomic E-state index is 6.66. The molecule has 2 aliphatic rings. The van der Waals surface area contributed by atoms with Crippen molar-refractivity contribution in [2.75, 3.05) is 0 Å². The van der Waals surface area contributed by atoms with E-state index in [0.717, 1.165) is 89.6 Å². The molecule has 0 bridgehead atoms. The molecule has 0 amide bonds. The number of pyridine rings is 3. The van der Waals surface area contributed by atoms with Crippen LogP contribution in [0.2, 0.25) is 0 Å². The van der Waals surface area contributed by atoms with Gasteiger partial charge in [0.15, 0.2) is 17.5 Å². The van der Waals surface area contributed by atoms with E-state index in [1.54, 1.807) is 12.4 Å². The normalized spacial score (nSPS) is 12.8. The van der Waals surface area contributed by atoms with Crippen LogP contribution in [0.1, 0.15) is 22.3 Å². The second-order valence-corrected chi connectivity index (χ2v) is 15.5. The summed E-state index contributed by atoms with van der Waals surface area (Å²) in [5, 5.41) is 0. The predicted molar refractivity (Wildman–Crippen MR) is 243 cm³/mol. The van der Waals surface area contributed by atoms with E-state index in [1.807, 2.05) is 103 Å². The summed E-state index contributed by atoms with van der Waals surface area (Å²) in [7, 11) is 0. The molecule has 12 rings (SSSR count). The van der Waals surface area contributed by atoms with Gasteiger partial charge in [0, 0.05) is 69.3 Å². The topological polar surface area (TPSA) is 86.6 Å². The lowest BCUT2D eigenvalue weighted by Crippen LogP contribution is -2.32. The zero-order chi connectivity index (χ0) is 41.0. The molecular weight excluding hydrogens is 761 g/mol. The summed E-state index contributed by atoms with van der Waals surface area (Å²) < 4.78 is 6.66. The van der Waals surface area contributed by atoms with E-state index >= 15 is 0 Å². The first kappa shape index (κ1) is 35.5. The zero-order valence-corrected chi connectivity index (χ0v) is 33.2. The standard InChI is InChI=1S/C55H34N6O/c1-3-13-35(14-4-1)52-59-53(36-15-5-2-6-16-36)61-54(60-52)38-24-27-45-43(32-38)42-31-37(41-25-28-48(39-17-11-29-56-33-39)58-51(41)40-18-12-30-57-34-40)23-26-44(42)55(45)46-19-7-9-21-49(46)62-50-22-10-8-20-47(50)55/h1-34H. The average molecular weight is 795 g/mol. The van der Waals surface area contributed by atoms with Crippen LogP contribution in [-0.4, -0.2) is 29.9 Å². The van der Waals surface area contributed by atoms with Crippen molar-refractivity contribution in [2.45, 2.75) is 5.41 Å². The molecule has 1 aliphatic heterocycles. The van der Waals surface area contributed by atoms with Gasteiger partial charge in [-0.1, -0.05) is 127 Å².